The molecule has 33 heavy (non-hydrogen) atoms. The third-order valence-corrected chi connectivity index (χ3v) is 5.80. The van der Waals surface area contributed by atoms with Crippen LogP contribution in [-0.4, -0.2) is 42.1 Å². The Balaban J connectivity index is 1.83. The Hall–Kier alpha value is -2.91. The quantitative estimate of drug-likeness (QED) is 0.639. The van der Waals surface area contributed by atoms with Crippen molar-refractivity contribution in [3.05, 3.63) is 34.9 Å². The molecule has 0 radical (unpaired) electrons. The summed E-state index contributed by atoms with van der Waals surface area (Å²) in [5, 5.41) is 1.22. The molecule has 0 bridgehead atoms. The Morgan fingerprint density at radius 1 is 0.697 bits per heavy atom. The fourth-order valence-corrected chi connectivity index (χ4v) is 4.05. The summed E-state index contributed by atoms with van der Waals surface area (Å²) >= 11 is 0. The number of imide groups is 1. The first-order valence-electron chi connectivity index (χ1n) is 11.1. The maximum atomic E-state index is 12.7. The molecule has 2 fully saturated rings. The van der Waals surface area contributed by atoms with E-state index in [9.17, 15) is 32.3 Å². The second-order valence-corrected chi connectivity index (χ2v) is 8.41. The number of alkyl halides is 3. The van der Waals surface area contributed by atoms with Crippen molar-refractivity contribution in [2.24, 2.45) is 0 Å². The van der Waals surface area contributed by atoms with Gasteiger partial charge in [0.05, 0.1) is 11.1 Å². The molecule has 1 aromatic rings. The molecular formula is C23H26F3NO6. The summed E-state index contributed by atoms with van der Waals surface area (Å²) in [6.45, 7) is 0. The summed E-state index contributed by atoms with van der Waals surface area (Å²) < 4.78 is 48.6. The Kier molecular flexibility index (Phi) is 8.10. The van der Waals surface area contributed by atoms with Gasteiger partial charge in [0.15, 0.2) is 0 Å². The van der Waals surface area contributed by atoms with Crippen LogP contribution >= 0.6 is 0 Å². The van der Waals surface area contributed by atoms with Crippen molar-refractivity contribution in [2.75, 3.05) is 0 Å². The van der Waals surface area contributed by atoms with E-state index in [-0.39, 0.29) is 23.3 Å². The third-order valence-electron chi connectivity index (χ3n) is 5.80. The number of ether oxygens (including phenoxy) is 2. The van der Waals surface area contributed by atoms with Crippen LogP contribution in [0.3, 0.4) is 0 Å². The summed E-state index contributed by atoms with van der Waals surface area (Å²) in [6.07, 6.45) is 2.52. The van der Waals surface area contributed by atoms with Crippen LogP contribution in [0.15, 0.2) is 18.2 Å². The number of amides is 2. The first-order valence-corrected chi connectivity index (χ1v) is 11.1. The Labute approximate surface area is 189 Å². The predicted octanol–water partition coefficient (Wildman–Crippen LogP) is 4.48. The van der Waals surface area contributed by atoms with Gasteiger partial charge in [0, 0.05) is 5.56 Å². The van der Waals surface area contributed by atoms with Gasteiger partial charge in [-0.3, -0.25) is 14.9 Å². The van der Waals surface area contributed by atoms with Crippen LogP contribution < -0.4 is 5.32 Å². The standard InChI is InChI=1S/C23H26F3NO6/c24-23(25,26)22(31)27-19(28)14-11-15(20(29)32-17-7-3-1-4-8-17)13-16(12-14)21(30)33-18-9-5-2-6-10-18/h11-13,17-18H,1-10H2,(H,27,28,31). The molecule has 0 heterocycles. The van der Waals surface area contributed by atoms with Crippen molar-refractivity contribution in [3.8, 4) is 0 Å². The van der Waals surface area contributed by atoms with Gasteiger partial charge in [-0.25, -0.2) is 9.59 Å². The number of carbonyl (C=O) groups excluding carboxylic acids is 4. The van der Waals surface area contributed by atoms with Gasteiger partial charge >= 0.3 is 24.0 Å². The molecule has 0 unspecified atom stereocenters. The van der Waals surface area contributed by atoms with Crippen LogP contribution in [0.2, 0.25) is 0 Å². The lowest BCUT2D eigenvalue weighted by Crippen LogP contribution is -2.40. The van der Waals surface area contributed by atoms with Crippen LogP contribution in [0.5, 0.6) is 0 Å². The molecule has 0 spiro atoms. The van der Waals surface area contributed by atoms with Gasteiger partial charge in [-0.1, -0.05) is 12.8 Å². The zero-order chi connectivity index (χ0) is 24.0. The second kappa shape index (κ2) is 10.8. The molecule has 1 aromatic carbocycles. The number of benzene rings is 1. The van der Waals surface area contributed by atoms with E-state index in [1.165, 1.54) is 11.4 Å². The summed E-state index contributed by atoms with van der Waals surface area (Å²) in [7, 11) is 0. The highest BCUT2D eigenvalue weighted by molar-refractivity contribution is 6.08. The molecule has 10 heteroatoms. The van der Waals surface area contributed by atoms with Crippen molar-refractivity contribution < 1.29 is 41.8 Å². The number of hydrogen-bond donors (Lipinski definition) is 1. The Morgan fingerprint density at radius 2 is 1.09 bits per heavy atom. The minimum Gasteiger partial charge on any atom is -0.459 e. The van der Waals surface area contributed by atoms with Crippen molar-refractivity contribution >= 4 is 23.8 Å². The molecule has 180 valence electrons. The van der Waals surface area contributed by atoms with Crippen molar-refractivity contribution in [2.45, 2.75) is 82.6 Å². The van der Waals surface area contributed by atoms with Gasteiger partial charge in [0.25, 0.3) is 5.91 Å². The first-order chi connectivity index (χ1) is 15.6. The molecule has 1 N–H and O–H groups in total. The van der Waals surface area contributed by atoms with Gasteiger partial charge in [-0.05, 0) is 69.6 Å². The SMILES string of the molecule is O=C(NC(=O)C(F)(F)F)c1cc(C(=O)OC2CCCCC2)cc(C(=O)OC2CCCCC2)c1. The van der Waals surface area contributed by atoms with E-state index in [1.54, 1.807) is 0 Å². The minimum absolute atomic E-state index is 0.178. The van der Waals surface area contributed by atoms with Gasteiger partial charge in [0.1, 0.15) is 12.2 Å². The van der Waals surface area contributed by atoms with Gasteiger partial charge in [0.2, 0.25) is 0 Å². The smallest absolute Gasteiger partial charge is 0.459 e. The highest BCUT2D eigenvalue weighted by Gasteiger charge is 2.40. The molecule has 2 amide bonds. The van der Waals surface area contributed by atoms with E-state index in [0.29, 0.717) is 25.7 Å². The molecule has 7 nitrogen and oxygen atoms in total. The fourth-order valence-electron chi connectivity index (χ4n) is 4.05. The molecule has 0 aromatic heterocycles. The Morgan fingerprint density at radius 3 is 1.48 bits per heavy atom. The van der Waals surface area contributed by atoms with Crippen molar-refractivity contribution in [1.29, 1.82) is 0 Å². The van der Waals surface area contributed by atoms with E-state index in [4.69, 9.17) is 9.47 Å². The highest BCUT2D eigenvalue weighted by Crippen LogP contribution is 2.24. The molecule has 2 aliphatic carbocycles. The minimum atomic E-state index is -5.27. The maximum absolute atomic E-state index is 12.7. The zero-order valence-corrected chi connectivity index (χ0v) is 18.0. The summed E-state index contributed by atoms with van der Waals surface area (Å²) in [6, 6.07) is 3.20. The largest absolute Gasteiger partial charge is 0.471 e. The molecule has 0 aliphatic heterocycles. The number of nitrogens with one attached hydrogen (secondary N) is 1. The summed E-state index contributed by atoms with van der Waals surface area (Å²) in [5.41, 5.74) is -0.812. The second-order valence-electron chi connectivity index (χ2n) is 8.41. The molecule has 2 saturated carbocycles. The topological polar surface area (TPSA) is 98.8 Å². The average Bonchev–Trinajstić information content (AvgIpc) is 2.79. The van der Waals surface area contributed by atoms with E-state index in [2.05, 4.69) is 0 Å². The first kappa shape index (κ1) is 24.7. The fraction of sp³-hybridized carbons (Fsp3) is 0.565. The molecule has 2 aliphatic rings. The van der Waals surface area contributed by atoms with Crippen LogP contribution in [0.1, 0.15) is 95.3 Å². The van der Waals surface area contributed by atoms with E-state index >= 15 is 0 Å². The molecule has 0 atom stereocenters. The van der Waals surface area contributed by atoms with Gasteiger partial charge in [-0.15, -0.1) is 0 Å². The van der Waals surface area contributed by atoms with E-state index in [0.717, 1.165) is 50.7 Å². The van der Waals surface area contributed by atoms with Crippen molar-refractivity contribution in [1.82, 2.24) is 5.32 Å². The van der Waals surface area contributed by atoms with Crippen molar-refractivity contribution in [3.63, 3.8) is 0 Å². The monoisotopic (exact) mass is 469 g/mol. The Bertz CT molecular complexity index is 852. The van der Waals surface area contributed by atoms with Gasteiger partial charge in [-0.2, -0.15) is 13.2 Å². The lowest BCUT2D eigenvalue weighted by Gasteiger charge is -2.23. The van der Waals surface area contributed by atoms with E-state index in [1.807, 2.05) is 0 Å². The number of esters is 2. The lowest BCUT2D eigenvalue weighted by atomic mass is 9.97. The van der Waals surface area contributed by atoms with Crippen LogP contribution in [0, 0.1) is 0 Å². The van der Waals surface area contributed by atoms with Crippen LogP contribution in [0.25, 0.3) is 0 Å². The predicted molar refractivity (Wildman–Crippen MR) is 110 cm³/mol. The summed E-state index contributed by atoms with van der Waals surface area (Å²) in [5.74, 6) is -5.44. The number of rotatable bonds is 5. The third kappa shape index (κ3) is 7.03. The number of hydrogen-bond acceptors (Lipinski definition) is 6. The zero-order valence-electron chi connectivity index (χ0n) is 18.0. The molecule has 3 rings (SSSR count). The maximum Gasteiger partial charge on any atom is 0.471 e. The van der Waals surface area contributed by atoms with Crippen LogP contribution in [-0.2, 0) is 14.3 Å². The summed E-state index contributed by atoms with van der Waals surface area (Å²) in [4.78, 5) is 48.8. The lowest BCUT2D eigenvalue weighted by molar-refractivity contribution is -0.172. The number of halogens is 3. The molecule has 0 saturated heterocycles. The molecular weight excluding hydrogens is 443 g/mol. The van der Waals surface area contributed by atoms with Gasteiger partial charge < -0.3 is 9.47 Å². The highest BCUT2D eigenvalue weighted by atomic mass is 19.4. The van der Waals surface area contributed by atoms with Crippen LogP contribution in [0.4, 0.5) is 13.2 Å². The number of carbonyl (C=O) groups is 4. The average molecular weight is 469 g/mol. The normalized spacial score (nSPS) is 17.8. The van der Waals surface area contributed by atoms with E-state index < -0.39 is 35.5 Å².